The molecular weight excluding hydrogens is 797 g/mol. The predicted molar refractivity (Wildman–Crippen MR) is 281 cm³/mol. The molecule has 0 saturated heterocycles. The highest BCUT2D eigenvalue weighted by Crippen LogP contribution is 2.58. The zero-order valence-corrected chi connectivity index (χ0v) is 38.5. The van der Waals surface area contributed by atoms with Gasteiger partial charge in [-0.15, -0.1) is 0 Å². The second kappa shape index (κ2) is 14.7. The summed E-state index contributed by atoms with van der Waals surface area (Å²) in [6.07, 6.45) is 18.3. The number of aryl methyl sites for hydroxylation is 1. The van der Waals surface area contributed by atoms with E-state index in [9.17, 15) is 0 Å². The molecule has 0 amide bonds. The van der Waals surface area contributed by atoms with Crippen molar-refractivity contribution in [2.24, 2.45) is 5.41 Å². The number of hydrogen-bond acceptors (Lipinski definition) is 2. The minimum Gasteiger partial charge on any atom is -0.317 e. The van der Waals surface area contributed by atoms with E-state index in [0.29, 0.717) is 0 Å². The van der Waals surface area contributed by atoms with Gasteiger partial charge in [-0.1, -0.05) is 179 Å². The van der Waals surface area contributed by atoms with Crippen LogP contribution in [0, 0.1) is 5.41 Å². The van der Waals surface area contributed by atoms with Crippen molar-refractivity contribution in [2.45, 2.75) is 71.6 Å². The maximum absolute atomic E-state index is 2.75. The van der Waals surface area contributed by atoms with Gasteiger partial charge in [0.05, 0.1) is 22.7 Å². The van der Waals surface area contributed by atoms with Gasteiger partial charge < -0.3 is 9.80 Å². The van der Waals surface area contributed by atoms with E-state index < -0.39 is 0 Å². The van der Waals surface area contributed by atoms with E-state index in [-0.39, 0.29) is 10.8 Å². The lowest BCUT2D eigenvalue weighted by Crippen LogP contribution is -2.37. The number of anilines is 4. The molecule has 0 radical (unpaired) electrons. The maximum Gasteiger partial charge on any atom is 0.0546 e. The minimum absolute atomic E-state index is 0.0799. The second-order valence-electron chi connectivity index (χ2n) is 20.1. The van der Waals surface area contributed by atoms with Crippen molar-refractivity contribution < 1.29 is 0 Å². The van der Waals surface area contributed by atoms with Crippen LogP contribution in [0.25, 0.3) is 55.1 Å². The Labute approximate surface area is 389 Å². The van der Waals surface area contributed by atoms with E-state index in [1.54, 1.807) is 0 Å². The summed E-state index contributed by atoms with van der Waals surface area (Å²) < 4.78 is 0. The summed E-state index contributed by atoms with van der Waals surface area (Å²) in [5, 5.41) is 7.74. The van der Waals surface area contributed by atoms with Gasteiger partial charge in [-0.3, -0.25) is 0 Å². The van der Waals surface area contributed by atoms with Crippen LogP contribution in [0.5, 0.6) is 0 Å². The monoisotopic (exact) mass is 850 g/mol. The summed E-state index contributed by atoms with van der Waals surface area (Å²) in [4.78, 5) is 5.35. The van der Waals surface area contributed by atoms with E-state index in [4.69, 9.17) is 0 Å². The first-order valence-corrected chi connectivity index (χ1v) is 24.2. The highest BCUT2D eigenvalue weighted by atomic mass is 15.2. The molecule has 0 unspecified atom stereocenters. The van der Waals surface area contributed by atoms with Gasteiger partial charge >= 0.3 is 0 Å². The Morgan fingerprint density at radius 2 is 1.00 bits per heavy atom. The van der Waals surface area contributed by atoms with Crippen molar-refractivity contribution in [3.8, 4) is 11.1 Å². The number of hydrogen-bond donors (Lipinski definition) is 0. The highest BCUT2D eigenvalue weighted by Gasteiger charge is 2.42. The first-order valence-electron chi connectivity index (χ1n) is 24.2. The molecule has 0 fully saturated rings. The molecular formula is C64H54N2. The molecule has 5 aliphatic rings. The van der Waals surface area contributed by atoms with Gasteiger partial charge in [-0.05, 0) is 146 Å². The highest BCUT2D eigenvalue weighted by molar-refractivity contribution is 6.26. The first kappa shape index (κ1) is 39.2. The number of benzene rings is 8. The molecule has 0 aromatic heterocycles. The second-order valence-corrected chi connectivity index (χ2v) is 20.1. The summed E-state index contributed by atoms with van der Waals surface area (Å²) in [7, 11) is 0. The van der Waals surface area contributed by atoms with Gasteiger partial charge in [0.15, 0.2) is 0 Å². The molecule has 8 aromatic carbocycles. The van der Waals surface area contributed by atoms with Crippen LogP contribution in [0.3, 0.4) is 0 Å². The first-order chi connectivity index (χ1) is 32.3. The molecule has 0 spiro atoms. The molecule has 2 nitrogen and oxygen atoms in total. The van der Waals surface area contributed by atoms with E-state index in [1.807, 2.05) is 0 Å². The largest absolute Gasteiger partial charge is 0.317 e. The number of para-hydroxylation sites is 2. The maximum atomic E-state index is 2.75. The molecule has 2 aliphatic heterocycles. The minimum atomic E-state index is -0.169. The number of fused-ring (bicyclic) bond motifs is 6. The molecule has 8 aromatic rings. The van der Waals surface area contributed by atoms with Crippen molar-refractivity contribution in [1.29, 1.82) is 0 Å². The van der Waals surface area contributed by atoms with Crippen LogP contribution in [0.4, 0.5) is 22.7 Å². The standard InChI is InChI=1S/C64H54N2/c1-63(2)49-25-9-13-29-53(49)65(54-30-14-10-26-50(54)63)57-33-17-23-47-60(46-38-36-42-20-6-8-22-44(42)40-46)62-48(59(61(47)57)45-37-35-41-19-5-7-21-43(41)39-45)24-18-34-58(62)66-55-31-15-11-27-51(55)64(3,4)52-28-12-16-32-56(52)66/h5-14,17-30,33-34,36,38-40H,15-16,31-32,35,37H2,1-4H3. The summed E-state index contributed by atoms with van der Waals surface area (Å²) in [5.74, 6) is 0. The predicted octanol–water partition coefficient (Wildman–Crippen LogP) is 17.5. The molecule has 2 heteroatoms. The molecule has 66 heavy (non-hydrogen) atoms. The molecule has 0 atom stereocenters. The molecule has 0 saturated carbocycles. The summed E-state index contributed by atoms with van der Waals surface area (Å²) in [5.41, 5.74) is 21.3. The topological polar surface area (TPSA) is 6.48 Å². The number of nitrogens with zero attached hydrogens (tertiary/aromatic N) is 2. The smallest absolute Gasteiger partial charge is 0.0546 e. The number of allylic oxidation sites excluding steroid dienone is 9. The van der Waals surface area contributed by atoms with Crippen LogP contribution in [0.2, 0.25) is 0 Å². The van der Waals surface area contributed by atoms with Crippen molar-refractivity contribution >= 4 is 66.7 Å². The third-order valence-corrected chi connectivity index (χ3v) is 15.8. The zero-order valence-electron chi connectivity index (χ0n) is 38.5. The Hall–Kier alpha value is -7.16. The van der Waals surface area contributed by atoms with Crippen LogP contribution < -0.4 is 9.80 Å². The fourth-order valence-corrected chi connectivity index (χ4v) is 12.7. The van der Waals surface area contributed by atoms with Crippen molar-refractivity contribution in [3.63, 3.8) is 0 Å². The average Bonchev–Trinajstić information content (AvgIpc) is 3.36. The lowest BCUT2D eigenvalue weighted by molar-refractivity contribution is 0.518. The quantitative estimate of drug-likeness (QED) is 0.163. The fourth-order valence-electron chi connectivity index (χ4n) is 12.7. The lowest BCUT2D eigenvalue weighted by Gasteiger charge is -2.46. The van der Waals surface area contributed by atoms with Crippen molar-refractivity contribution in [2.75, 3.05) is 9.80 Å². The molecule has 0 N–H and O–H groups in total. The van der Waals surface area contributed by atoms with E-state index in [0.717, 1.165) is 38.5 Å². The van der Waals surface area contributed by atoms with Crippen LogP contribution in [0.15, 0.2) is 199 Å². The summed E-state index contributed by atoms with van der Waals surface area (Å²) >= 11 is 0. The Kier molecular flexibility index (Phi) is 8.72. The Morgan fingerprint density at radius 3 is 1.70 bits per heavy atom. The molecule has 320 valence electrons. The molecule has 3 aliphatic carbocycles. The van der Waals surface area contributed by atoms with Gasteiger partial charge in [0.2, 0.25) is 0 Å². The number of rotatable bonds is 4. The molecule has 0 bridgehead atoms. The van der Waals surface area contributed by atoms with Crippen LogP contribution in [-0.2, 0) is 11.8 Å². The van der Waals surface area contributed by atoms with Crippen LogP contribution in [0.1, 0.15) is 87.6 Å². The lowest BCUT2D eigenvalue weighted by atomic mass is 9.69. The van der Waals surface area contributed by atoms with E-state index in [1.165, 1.54) is 122 Å². The van der Waals surface area contributed by atoms with Gasteiger partial charge in [0.25, 0.3) is 0 Å². The van der Waals surface area contributed by atoms with Crippen molar-refractivity contribution in [3.05, 3.63) is 226 Å². The van der Waals surface area contributed by atoms with Gasteiger partial charge in [-0.2, -0.15) is 0 Å². The summed E-state index contributed by atoms with van der Waals surface area (Å²) in [6, 6.07) is 57.8. The molecule has 13 rings (SSSR count). The van der Waals surface area contributed by atoms with Gasteiger partial charge in [0, 0.05) is 33.0 Å². The third-order valence-electron chi connectivity index (χ3n) is 15.8. The van der Waals surface area contributed by atoms with Crippen molar-refractivity contribution in [1.82, 2.24) is 0 Å². The van der Waals surface area contributed by atoms with Gasteiger partial charge in [0.1, 0.15) is 0 Å². The van der Waals surface area contributed by atoms with Gasteiger partial charge in [-0.25, -0.2) is 0 Å². The van der Waals surface area contributed by atoms with E-state index >= 15 is 0 Å². The summed E-state index contributed by atoms with van der Waals surface area (Å²) in [6.45, 7) is 9.67. The SMILES string of the molecule is CC1(C)C2=C(CCC=C2)N(c2cccc3c(C4=Cc5ccccc5CC4)c4c(N5c6ccccc6C(C)(C)c6ccccc65)cccc4c(-c4ccc5ccccc5c4)c23)C2=C1C=CCC2. The van der Waals surface area contributed by atoms with Crippen LogP contribution >= 0.6 is 0 Å². The Morgan fingerprint density at radius 1 is 0.439 bits per heavy atom. The third kappa shape index (κ3) is 5.67. The zero-order chi connectivity index (χ0) is 44.3. The van der Waals surface area contributed by atoms with E-state index in [2.05, 4.69) is 220 Å². The fraction of sp³-hybridized carbons (Fsp3) is 0.188. The average molecular weight is 851 g/mol. The Balaban J connectivity index is 1.22. The normalized spacial score (nSPS) is 18.0. The molecule has 2 heterocycles. The van der Waals surface area contributed by atoms with Crippen LogP contribution in [-0.4, -0.2) is 0 Å². The Bertz CT molecular complexity index is 3450.